The molecule has 1 aliphatic rings. The topological polar surface area (TPSA) is 41.6 Å². The average molecular weight is 386 g/mol. The quantitative estimate of drug-likeness (QED) is 0.655. The SMILES string of the molecule is COc1ccc(C)cc1NC(=O)c1ccc(CN2CCCc3ccccc32)cc1. The van der Waals surface area contributed by atoms with E-state index in [0.29, 0.717) is 17.0 Å². The summed E-state index contributed by atoms with van der Waals surface area (Å²) in [4.78, 5) is 15.1. The van der Waals surface area contributed by atoms with Crippen molar-refractivity contribution in [1.29, 1.82) is 0 Å². The van der Waals surface area contributed by atoms with Gasteiger partial charge in [-0.3, -0.25) is 4.79 Å². The van der Waals surface area contributed by atoms with Crippen molar-refractivity contribution >= 4 is 17.3 Å². The number of para-hydroxylation sites is 1. The van der Waals surface area contributed by atoms with Crippen LogP contribution in [0.25, 0.3) is 0 Å². The fourth-order valence-electron chi connectivity index (χ4n) is 3.87. The molecule has 0 spiro atoms. The van der Waals surface area contributed by atoms with Crippen LogP contribution in [0.2, 0.25) is 0 Å². The molecule has 3 aromatic rings. The van der Waals surface area contributed by atoms with Gasteiger partial charge < -0.3 is 15.0 Å². The summed E-state index contributed by atoms with van der Waals surface area (Å²) in [6, 6.07) is 22.2. The number of methoxy groups -OCH3 is 1. The molecule has 4 heteroatoms. The number of fused-ring (bicyclic) bond motifs is 1. The van der Waals surface area contributed by atoms with Gasteiger partial charge in [-0.15, -0.1) is 0 Å². The molecule has 0 aromatic heterocycles. The number of carbonyl (C=O) groups excluding carboxylic acids is 1. The highest BCUT2D eigenvalue weighted by Crippen LogP contribution is 2.28. The predicted molar refractivity (Wildman–Crippen MR) is 118 cm³/mol. The molecule has 3 aromatic carbocycles. The second-order valence-corrected chi connectivity index (χ2v) is 7.51. The van der Waals surface area contributed by atoms with E-state index >= 15 is 0 Å². The second kappa shape index (κ2) is 8.39. The van der Waals surface area contributed by atoms with Crippen LogP contribution in [0.15, 0.2) is 66.7 Å². The van der Waals surface area contributed by atoms with Crippen molar-refractivity contribution in [2.45, 2.75) is 26.3 Å². The Kier molecular flexibility index (Phi) is 5.52. The van der Waals surface area contributed by atoms with E-state index in [1.807, 2.05) is 49.4 Å². The lowest BCUT2D eigenvalue weighted by molar-refractivity contribution is 0.102. The van der Waals surface area contributed by atoms with Gasteiger partial charge in [-0.2, -0.15) is 0 Å². The fraction of sp³-hybridized carbons (Fsp3) is 0.240. The molecule has 0 fully saturated rings. The number of anilines is 2. The molecule has 148 valence electrons. The number of rotatable bonds is 5. The van der Waals surface area contributed by atoms with E-state index in [0.717, 1.165) is 25.1 Å². The highest BCUT2D eigenvalue weighted by atomic mass is 16.5. The third-order valence-corrected chi connectivity index (χ3v) is 5.40. The van der Waals surface area contributed by atoms with Crippen molar-refractivity contribution in [3.63, 3.8) is 0 Å². The fourth-order valence-corrected chi connectivity index (χ4v) is 3.87. The van der Waals surface area contributed by atoms with Crippen LogP contribution in [-0.2, 0) is 13.0 Å². The number of benzene rings is 3. The number of nitrogens with zero attached hydrogens (tertiary/aromatic N) is 1. The Hall–Kier alpha value is -3.27. The monoisotopic (exact) mass is 386 g/mol. The Morgan fingerprint density at radius 1 is 1.07 bits per heavy atom. The van der Waals surface area contributed by atoms with Gasteiger partial charge in [0.05, 0.1) is 12.8 Å². The van der Waals surface area contributed by atoms with Gasteiger partial charge >= 0.3 is 0 Å². The minimum absolute atomic E-state index is 0.135. The molecule has 1 heterocycles. The van der Waals surface area contributed by atoms with Crippen LogP contribution in [0.3, 0.4) is 0 Å². The van der Waals surface area contributed by atoms with Gasteiger partial charge in [-0.05, 0) is 66.8 Å². The van der Waals surface area contributed by atoms with E-state index in [1.54, 1.807) is 7.11 Å². The summed E-state index contributed by atoms with van der Waals surface area (Å²) in [5.41, 5.74) is 6.33. The van der Waals surface area contributed by atoms with Crippen LogP contribution < -0.4 is 15.0 Å². The van der Waals surface area contributed by atoms with Gasteiger partial charge in [0.1, 0.15) is 5.75 Å². The molecule has 0 atom stereocenters. The molecule has 0 unspecified atom stereocenters. The summed E-state index contributed by atoms with van der Waals surface area (Å²) in [6.07, 6.45) is 2.32. The average Bonchev–Trinajstić information content (AvgIpc) is 2.75. The maximum Gasteiger partial charge on any atom is 0.255 e. The Labute approximate surface area is 172 Å². The van der Waals surface area contributed by atoms with Gasteiger partial charge in [0.2, 0.25) is 0 Å². The van der Waals surface area contributed by atoms with E-state index in [1.165, 1.54) is 23.2 Å². The molecule has 0 aliphatic carbocycles. The highest BCUT2D eigenvalue weighted by molar-refractivity contribution is 6.05. The Balaban J connectivity index is 1.46. The number of ether oxygens (including phenoxy) is 1. The van der Waals surface area contributed by atoms with Crippen molar-refractivity contribution in [3.8, 4) is 5.75 Å². The smallest absolute Gasteiger partial charge is 0.255 e. The number of hydrogen-bond acceptors (Lipinski definition) is 3. The van der Waals surface area contributed by atoms with Crippen molar-refractivity contribution in [2.24, 2.45) is 0 Å². The minimum Gasteiger partial charge on any atom is -0.495 e. The van der Waals surface area contributed by atoms with Crippen LogP contribution >= 0.6 is 0 Å². The van der Waals surface area contributed by atoms with Crippen molar-refractivity contribution < 1.29 is 9.53 Å². The van der Waals surface area contributed by atoms with E-state index in [-0.39, 0.29) is 5.91 Å². The van der Waals surface area contributed by atoms with Crippen molar-refractivity contribution in [2.75, 3.05) is 23.9 Å². The lowest BCUT2D eigenvalue weighted by Crippen LogP contribution is -2.28. The molecule has 1 N–H and O–H groups in total. The molecule has 0 radical (unpaired) electrons. The van der Waals surface area contributed by atoms with Crippen LogP contribution in [-0.4, -0.2) is 19.6 Å². The molecule has 0 saturated heterocycles. The Morgan fingerprint density at radius 2 is 1.86 bits per heavy atom. The summed E-state index contributed by atoms with van der Waals surface area (Å²) in [5.74, 6) is 0.521. The molecule has 0 saturated carbocycles. The van der Waals surface area contributed by atoms with Crippen LogP contribution in [0.5, 0.6) is 5.75 Å². The van der Waals surface area contributed by atoms with Gasteiger partial charge in [-0.25, -0.2) is 0 Å². The highest BCUT2D eigenvalue weighted by Gasteiger charge is 2.16. The van der Waals surface area contributed by atoms with Crippen molar-refractivity contribution in [1.82, 2.24) is 0 Å². The molecule has 4 nitrogen and oxygen atoms in total. The van der Waals surface area contributed by atoms with Crippen LogP contribution in [0.4, 0.5) is 11.4 Å². The first-order chi connectivity index (χ1) is 14.1. The number of hydrogen-bond donors (Lipinski definition) is 1. The zero-order valence-electron chi connectivity index (χ0n) is 16.9. The zero-order chi connectivity index (χ0) is 20.2. The summed E-state index contributed by atoms with van der Waals surface area (Å²) in [7, 11) is 1.61. The standard InChI is InChI=1S/C25H26N2O2/c1-18-9-14-24(29-2)22(16-18)26-25(28)21-12-10-19(11-13-21)17-27-15-5-7-20-6-3-4-8-23(20)27/h3-4,6,8-14,16H,5,7,15,17H2,1-2H3,(H,26,28). The second-order valence-electron chi connectivity index (χ2n) is 7.51. The first-order valence-electron chi connectivity index (χ1n) is 10.0. The zero-order valence-corrected chi connectivity index (χ0v) is 16.9. The van der Waals surface area contributed by atoms with Gasteiger partial charge in [-0.1, -0.05) is 36.4 Å². The van der Waals surface area contributed by atoms with E-state index in [2.05, 4.69) is 34.5 Å². The summed E-state index contributed by atoms with van der Waals surface area (Å²) >= 11 is 0. The largest absolute Gasteiger partial charge is 0.495 e. The Morgan fingerprint density at radius 3 is 2.66 bits per heavy atom. The third kappa shape index (κ3) is 4.27. The molecular weight excluding hydrogens is 360 g/mol. The van der Waals surface area contributed by atoms with Gasteiger partial charge in [0.15, 0.2) is 0 Å². The summed E-state index contributed by atoms with van der Waals surface area (Å²) < 4.78 is 5.35. The number of aryl methyl sites for hydroxylation is 2. The number of nitrogens with one attached hydrogen (secondary N) is 1. The minimum atomic E-state index is -0.135. The number of carbonyl (C=O) groups is 1. The number of amides is 1. The maximum atomic E-state index is 12.7. The van der Waals surface area contributed by atoms with Gasteiger partial charge in [0, 0.05) is 24.3 Å². The Bertz CT molecular complexity index is 1010. The van der Waals surface area contributed by atoms with Gasteiger partial charge in [0.25, 0.3) is 5.91 Å². The lowest BCUT2D eigenvalue weighted by atomic mass is 10.0. The third-order valence-electron chi connectivity index (χ3n) is 5.40. The normalized spacial score (nSPS) is 13.0. The van der Waals surface area contributed by atoms with Crippen molar-refractivity contribution in [3.05, 3.63) is 89.0 Å². The van der Waals surface area contributed by atoms with E-state index < -0.39 is 0 Å². The maximum absolute atomic E-state index is 12.7. The first kappa shape index (κ1) is 19.1. The molecule has 1 amide bonds. The molecule has 0 bridgehead atoms. The van der Waals surface area contributed by atoms with Crippen LogP contribution in [0, 0.1) is 6.92 Å². The first-order valence-corrected chi connectivity index (χ1v) is 10.0. The summed E-state index contributed by atoms with van der Waals surface area (Å²) in [6.45, 7) is 3.90. The van der Waals surface area contributed by atoms with Crippen LogP contribution in [0.1, 0.15) is 33.5 Å². The molecular formula is C25H26N2O2. The van der Waals surface area contributed by atoms with E-state index in [4.69, 9.17) is 4.74 Å². The molecule has 1 aliphatic heterocycles. The summed E-state index contributed by atoms with van der Waals surface area (Å²) in [5, 5.41) is 2.96. The molecule has 4 rings (SSSR count). The molecule has 29 heavy (non-hydrogen) atoms. The lowest BCUT2D eigenvalue weighted by Gasteiger charge is -2.31. The van der Waals surface area contributed by atoms with E-state index in [9.17, 15) is 4.79 Å². The predicted octanol–water partition coefficient (Wildman–Crippen LogP) is 5.21.